The van der Waals surface area contributed by atoms with E-state index in [4.69, 9.17) is 38.2 Å². The average molecular weight is 686 g/mol. The van der Waals surface area contributed by atoms with E-state index >= 15 is 0 Å². The first-order valence-electron chi connectivity index (χ1n) is 13.9. The minimum absolute atomic E-state index is 0.0224. The first-order chi connectivity index (χ1) is 20.0. The van der Waals surface area contributed by atoms with Crippen LogP contribution in [0.4, 0.5) is 0 Å². The third-order valence-electron chi connectivity index (χ3n) is 8.95. The Morgan fingerprint density at radius 3 is 2.36 bits per heavy atom. The molecule has 2 saturated heterocycles. The van der Waals surface area contributed by atoms with Crippen LogP contribution in [0, 0.1) is 17.8 Å². The highest BCUT2D eigenvalue weighted by Gasteiger charge is 2.76. The number of alkyl halides is 3. The number of amides is 4. The van der Waals surface area contributed by atoms with Gasteiger partial charge in [0.1, 0.15) is 12.4 Å². The maximum absolute atomic E-state index is 13.8. The molecule has 1 saturated carbocycles. The molecule has 1 aromatic carbocycles. The van der Waals surface area contributed by atoms with Crippen molar-refractivity contribution in [2.45, 2.75) is 54.2 Å². The van der Waals surface area contributed by atoms with Crippen LogP contribution in [0.25, 0.3) is 0 Å². The third-order valence-corrected chi connectivity index (χ3v) is 10.9. The second-order valence-electron chi connectivity index (χ2n) is 11.2. The molecule has 0 radical (unpaired) electrons. The van der Waals surface area contributed by atoms with Crippen molar-refractivity contribution in [1.29, 1.82) is 0 Å². The molecule has 3 fully saturated rings. The number of aliphatic hydroxyl groups excluding tert-OH is 1. The normalized spacial score (nSPS) is 32.0. The van der Waals surface area contributed by atoms with Crippen molar-refractivity contribution in [2.24, 2.45) is 17.8 Å². The van der Waals surface area contributed by atoms with Crippen LogP contribution in [0.5, 0.6) is 5.75 Å². The number of hydrogen-bond acceptors (Lipinski definition) is 7. The largest absolute Gasteiger partial charge is 0.491 e. The molecule has 10 nitrogen and oxygen atoms in total. The molecular weight excluding hydrogens is 655 g/mol. The highest BCUT2D eigenvalue weighted by molar-refractivity contribution is 9.09. The molecule has 42 heavy (non-hydrogen) atoms. The molecule has 4 aliphatic rings. The second kappa shape index (κ2) is 11.9. The quantitative estimate of drug-likeness (QED) is 0.119. The standard InChI is InChI=1S/C29H31BrCl2N2O8/c30-15-34-26(40)28(31)14-20-18(23(29(28,32)27(34)41)16-5-7-17(8-6-16)42-13-12-35)9-10-19-22(20)25(39)33(24(19)38)11-3-1-2-4-21(36)37/h5-9,19-20,22-23,35H,1-4,10-15H2,(H,36,37). The van der Waals surface area contributed by atoms with Gasteiger partial charge >= 0.3 is 5.97 Å². The summed E-state index contributed by atoms with van der Waals surface area (Å²) in [6, 6.07) is 6.81. The fourth-order valence-electron chi connectivity index (χ4n) is 7.06. The van der Waals surface area contributed by atoms with Gasteiger partial charge < -0.3 is 14.9 Å². The van der Waals surface area contributed by atoms with Crippen LogP contribution in [0.1, 0.15) is 50.0 Å². The van der Waals surface area contributed by atoms with Gasteiger partial charge in [-0.3, -0.25) is 33.8 Å². The van der Waals surface area contributed by atoms with Gasteiger partial charge in [0.2, 0.25) is 11.8 Å². The highest BCUT2D eigenvalue weighted by Crippen LogP contribution is 2.65. The number of imide groups is 2. The van der Waals surface area contributed by atoms with Gasteiger partial charge in [-0.05, 0) is 49.3 Å². The van der Waals surface area contributed by atoms with Crippen molar-refractivity contribution < 1.29 is 38.9 Å². The van der Waals surface area contributed by atoms with Gasteiger partial charge in [-0.2, -0.15) is 0 Å². The molecular formula is C29H31BrCl2N2O8. The van der Waals surface area contributed by atoms with E-state index in [1.54, 1.807) is 24.3 Å². The van der Waals surface area contributed by atoms with Crippen molar-refractivity contribution in [3.05, 3.63) is 41.5 Å². The lowest BCUT2D eigenvalue weighted by molar-refractivity contribution is -0.141. The van der Waals surface area contributed by atoms with Crippen molar-refractivity contribution in [1.82, 2.24) is 9.80 Å². The lowest BCUT2D eigenvalue weighted by Crippen LogP contribution is -2.60. The van der Waals surface area contributed by atoms with Gasteiger partial charge in [0.25, 0.3) is 11.8 Å². The number of rotatable bonds is 11. The number of nitrogens with zero attached hydrogens (tertiary/aromatic N) is 2. The van der Waals surface area contributed by atoms with Crippen LogP contribution >= 0.6 is 39.1 Å². The summed E-state index contributed by atoms with van der Waals surface area (Å²) in [5, 5.41) is 18.0. The van der Waals surface area contributed by atoms with Crippen LogP contribution in [-0.4, -0.2) is 84.6 Å². The van der Waals surface area contributed by atoms with Crippen LogP contribution in [0.2, 0.25) is 0 Å². The van der Waals surface area contributed by atoms with Crippen LogP contribution in [0.15, 0.2) is 35.9 Å². The van der Waals surface area contributed by atoms with Crippen molar-refractivity contribution in [3.63, 3.8) is 0 Å². The van der Waals surface area contributed by atoms with Gasteiger partial charge in [0, 0.05) is 18.9 Å². The molecule has 2 aliphatic heterocycles. The monoisotopic (exact) mass is 684 g/mol. The summed E-state index contributed by atoms with van der Waals surface area (Å²) in [5.74, 6) is -5.18. The van der Waals surface area contributed by atoms with Crippen LogP contribution in [0.3, 0.4) is 0 Å². The molecule has 2 heterocycles. The topological polar surface area (TPSA) is 142 Å². The molecule has 6 unspecified atom stereocenters. The summed E-state index contributed by atoms with van der Waals surface area (Å²) < 4.78 is 5.49. The van der Waals surface area contributed by atoms with E-state index < -0.39 is 51.2 Å². The van der Waals surface area contributed by atoms with Crippen LogP contribution < -0.4 is 4.74 Å². The number of fused-ring (bicyclic) bond motifs is 4. The minimum atomic E-state index is -1.88. The Kier molecular flexibility index (Phi) is 8.78. The molecule has 226 valence electrons. The fraction of sp³-hybridized carbons (Fsp3) is 0.552. The number of unbranched alkanes of at least 4 members (excludes halogenated alkanes) is 2. The van der Waals surface area contributed by atoms with Gasteiger partial charge in [-0.15, -0.1) is 23.2 Å². The fourth-order valence-corrected chi connectivity index (χ4v) is 8.48. The van der Waals surface area contributed by atoms with E-state index in [0.29, 0.717) is 36.1 Å². The Bertz CT molecular complexity index is 1340. The zero-order valence-electron chi connectivity index (χ0n) is 22.6. The summed E-state index contributed by atoms with van der Waals surface area (Å²) in [5.41, 5.74) is 1.20. The number of hydrogen-bond donors (Lipinski definition) is 2. The molecule has 2 aliphatic carbocycles. The smallest absolute Gasteiger partial charge is 0.303 e. The molecule has 4 amide bonds. The van der Waals surface area contributed by atoms with Crippen molar-refractivity contribution in [2.75, 3.05) is 25.2 Å². The number of carboxylic acids is 1. The maximum Gasteiger partial charge on any atom is 0.303 e. The van der Waals surface area contributed by atoms with E-state index in [1.165, 1.54) is 4.90 Å². The highest BCUT2D eigenvalue weighted by atomic mass is 79.9. The molecule has 0 bridgehead atoms. The summed E-state index contributed by atoms with van der Waals surface area (Å²) >= 11 is 17.6. The van der Waals surface area contributed by atoms with E-state index in [1.807, 2.05) is 6.08 Å². The van der Waals surface area contributed by atoms with Gasteiger partial charge in [0.05, 0.1) is 23.9 Å². The van der Waals surface area contributed by atoms with Crippen molar-refractivity contribution in [3.8, 4) is 5.75 Å². The number of allylic oxidation sites excluding steroid dienone is 2. The average Bonchev–Trinajstić information content (AvgIpc) is 3.29. The lowest BCUT2D eigenvalue weighted by Gasteiger charge is -2.50. The van der Waals surface area contributed by atoms with E-state index in [9.17, 15) is 24.0 Å². The Labute approximate surface area is 261 Å². The molecule has 0 aromatic heterocycles. The Morgan fingerprint density at radius 1 is 1.00 bits per heavy atom. The van der Waals surface area contributed by atoms with E-state index in [-0.39, 0.29) is 56.3 Å². The molecule has 1 aromatic rings. The van der Waals surface area contributed by atoms with Crippen LogP contribution in [-0.2, 0) is 24.0 Å². The number of halogens is 3. The number of ether oxygens (including phenoxy) is 1. The van der Waals surface area contributed by atoms with Crippen molar-refractivity contribution >= 4 is 68.7 Å². The third kappa shape index (κ3) is 4.76. The number of aliphatic hydroxyl groups is 1. The molecule has 2 N–H and O–H groups in total. The Balaban J connectivity index is 1.51. The summed E-state index contributed by atoms with van der Waals surface area (Å²) in [4.78, 5) is 64.0. The Morgan fingerprint density at radius 2 is 1.71 bits per heavy atom. The summed E-state index contributed by atoms with van der Waals surface area (Å²) in [6.45, 7) is 0.125. The summed E-state index contributed by atoms with van der Waals surface area (Å²) in [6.07, 6.45) is 3.59. The first kappa shape index (κ1) is 31.0. The number of likely N-dealkylation sites (tertiary alicyclic amines) is 2. The maximum atomic E-state index is 13.8. The number of carbonyl (C=O) groups is 5. The minimum Gasteiger partial charge on any atom is -0.491 e. The number of aliphatic carboxylic acids is 1. The second-order valence-corrected chi connectivity index (χ2v) is 12.9. The zero-order valence-corrected chi connectivity index (χ0v) is 25.7. The van der Waals surface area contributed by atoms with E-state index in [0.717, 1.165) is 4.90 Å². The van der Waals surface area contributed by atoms with Gasteiger partial charge in [-0.1, -0.05) is 46.1 Å². The van der Waals surface area contributed by atoms with Gasteiger partial charge in [0.15, 0.2) is 9.75 Å². The summed E-state index contributed by atoms with van der Waals surface area (Å²) in [7, 11) is 0. The number of benzene rings is 1. The lowest BCUT2D eigenvalue weighted by atomic mass is 9.56. The Hall–Kier alpha value is -2.47. The number of carboxylic acid groups (broad SMARTS) is 1. The molecule has 5 rings (SSSR count). The van der Waals surface area contributed by atoms with E-state index in [2.05, 4.69) is 15.9 Å². The first-order valence-corrected chi connectivity index (χ1v) is 15.8. The number of carbonyl (C=O) groups excluding carboxylic acids is 4. The zero-order chi connectivity index (χ0) is 30.4. The molecule has 6 atom stereocenters. The molecule has 0 spiro atoms. The van der Waals surface area contributed by atoms with Gasteiger partial charge in [-0.25, -0.2) is 0 Å². The predicted molar refractivity (Wildman–Crippen MR) is 155 cm³/mol. The predicted octanol–water partition coefficient (Wildman–Crippen LogP) is 3.41. The SMILES string of the molecule is O=C(O)CCCCCN1C(=O)C2CC=C3C(CC4(Cl)C(=O)N(CBr)C(=O)C4(Cl)C3c3ccc(OCCO)cc3)C2C1=O. The molecule has 13 heteroatoms.